The van der Waals surface area contributed by atoms with Gasteiger partial charge in [0.2, 0.25) is 0 Å². The van der Waals surface area contributed by atoms with Crippen molar-refractivity contribution in [2.45, 2.75) is 20.3 Å². The van der Waals surface area contributed by atoms with Crippen LogP contribution in [0.4, 0.5) is 4.39 Å². The van der Waals surface area contributed by atoms with Gasteiger partial charge in [-0.1, -0.05) is 31.1 Å². The van der Waals surface area contributed by atoms with Gasteiger partial charge in [0.05, 0.1) is 0 Å². The van der Waals surface area contributed by atoms with Crippen LogP contribution in [0.5, 0.6) is 6.08 Å². The molecule has 2 aromatic rings. The zero-order valence-corrected chi connectivity index (χ0v) is 12.5. The van der Waals surface area contributed by atoms with E-state index in [0.717, 1.165) is 5.56 Å². The predicted octanol–water partition coefficient (Wildman–Crippen LogP) is 1.95. The lowest BCUT2D eigenvalue weighted by atomic mass is 10.1. The highest BCUT2D eigenvalue weighted by molar-refractivity contribution is 5.77. The molecule has 1 amide bonds. The maximum Gasteiger partial charge on any atom is 0.417 e. The smallest absolute Gasteiger partial charge is 0.417 e. The molecule has 0 fully saturated rings. The van der Waals surface area contributed by atoms with Gasteiger partial charge in [0.25, 0.3) is 5.91 Å². The minimum atomic E-state index is -0.298. The van der Waals surface area contributed by atoms with Gasteiger partial charge in [0.1, 0.15) is 5.82 Å². The van der Waals surface area contributed by atoms with Crippen molar-refractivity contribution in [2.75, 3.05) is 13.2 Å². The average molecular weight is 307 g/mol. The van der Waals surface area contributed by atoms with Crippen molar-refractivity contribution in [3.8, 4) is 6.08 Å². The van der Waals surface area contributed by atoms with Crippen molar-refractivity contribution in [3.05, 3.63) is 41.5 Å². The summed E-state index contributed by atoms with van der Waals surface area (Å²) < 4.78 is 22.8. The summed E-state index contributed by atoms with van der Waals surface area (Å²) in [6.45, 7) is 4.41. The number of carbonyl (C=O) groups is 1. The highest BCUT2D eigenvalue weighted by Crippen LogP contribution is 2.11. The number of ether oxygens (including phenoxy) is 1. The summed E-state index contributed by atoms with van der Waals surface area (Å²) in [5.74, 6) is 0.235. The SMILES string of the molecule is CC(C)CNC(=O)COc1nc(Cc2ccc(F)cc2)no1. The van der Waals surface area contributed by atoms with E-state index in [1.54, 1.807) is 12.1 Å². The third-order valence-electron chi connectivity index (χ3n) is 2.76. The molecular weight excluding hydrogens is 289 g/mol. The number of rotatable bonds is 7. The monoisotopic (exact) mass is 307 g/mol. The summed E-state index contributed by atoms with van der Waals surface area (Å²) in [6.07, 6.45) is 0.337. The normalized spacial score (nSPS) is 10.7. The summed E-state index contributed by atoms with van der Waals surface area (Å²) in [7, 11) is 0. The molecular formula is C15H18FN3O3. The van der Waals surface area contributed by atoms with Crippen molar-refractivity contribution in [1.29, 1.82) is 0 Å². The van der Waals surface area contributed by atoms with E-state index in [2.05, 4.69) is 15.5 Å². The van der Waals surface area contributed by atoms with E-state index < -0.39 is 0 Å². The second-order valence-electron chi connectivity index (χ2n) is 5.27. The standard InChI is InChI=1S/C15H18FN3O3/c1-10(2)8-17-14(20)9-21-15-18-13(19-22-15)7-11-3-5-12(16)6-4-11/h3-6,10H,7-9H2,1-2H3,(H,17,20). The topological polar surface area (TPSA) is 77.2 Å². The highest BCUT2D eigenvalue weighted by atomic mass is 19.1. The molecule has 0 aliphatic heterocycles. The molecule has 0 atom stereocenters. The first-order chi connectivity index (χ1) is 10.5. The fourth-order valence-corrected chi connectivity index (χ4v) is 1.65. The van der Waals surface area contributed by atoms with Crippen LogP contribution in [0, 0.1) is 11.7 Å². The van der Waals surface area contributed by atoms with Crippen molar-refractivity contribution in [3.63, 3.8) is 0 Å². The summed E-state index contributed by atoms with van der Waals surface area (Å²) in [4.78, 5) is 15.5. The predicted molar refractivity (Wildman–Crippen MR) is 76.8 cm³/mol. The summed E-state index contributed by atoms with van der Waals surface area (Å²) in [5, 5.41) is 6.46. The molecule has 0 saturated heterocycles. The van der Waals surface area contributed by atoms with Crippen molar-refractivity contribution in [2.24, 2.45) is 5.92 Å². The molecule has 1 N–H and O–H groups in total. The Labute approximate surface area is 127 Å². The lowest BCUT2D eigenvalue weighted by Gasteiger charge is -2.06. The van der Waals surface area contributed by atoms with Crippen molar-refractivity contribution in [1.82, 2.24) is 15.5 Å². The fourth-order valence-electron chi connectivity index (χ4n) is 1.65. The Morgan fingerprint density at radius 1 is 1.36 bits per heavy atom. The van der Waals surface area contributed by atoms with E-state index in [9.17, 15) is 9.18 Å². The maximum absolute atomic E-state index is 12.8. The second-order valence-corrected chi connectivity index (χ2v) is 5.27. The highest BCUT2D eigenvalue weighted by Gasteiger charge is 2.10. The fraction of sp³-hybridized carbons (Fsp3) is 0.400. The Hall–Kier alpha value is -2.44. The van der Waals surface area contributed by atoms with Crippen LogP contribution >= 0.6 is 0 Å². The molecule has 1 aromatic carbocycles. The van der Waals surface area contributed by atoms with Gasteiger partial charge in [-0.15, -0.1) is 0 Å². The van der Waals surface area contributed by atoms with E-state index in [1.807, 2.05) is 13.8 Å². The van der Waals surface area contributed by atoms with E-state index in [1.165, 1.54) is 12.1 Å². The third kappa shape index (κ3) is 5.16. The molecule has 0 aliphatic carbocycles. The van der Waals surface area contributed by atoms with Crippen LogP contribution in [0.15, 0.2) is 28.8 Å². The maximum atomic E-state index is 12.8. The number of nitrogens with zero attached hydrogens (tertiary/aromatic N) is 2. The molecule has 6 nitrogen and oxygen atoms in total. The van der Waals surface area contributed by atoms with Gasteiger partial charge >= 0.3 is 6.08 Å². The van der Waals surface area contributed by atoms with Gasteiger partial charge < -0.3 is 10.1 Å². The lowest BCUT2D eigenvalue weighted by Crippen LogP contribution is -2.31. The minimum absolute atomic E-state index is 0.0585. The molecule has 118 valence electrons. The van der Waals surface area contributed by atoms with Gasteiger partial charge in [0, 0.05) is 13.0 Å². The number of hydrogen-bond acceptors (Lipinski definition) is 5. The minimum Gasteiger partial charge on any atom is -0.439 e. The number of aromatic nitrogens is 2. The summed E-state index contributed by atoms with van der Waals surface area (Å²) >= 11 is 0. The Kier molecular flexibility index (Phi) is 5.46. The third-order valence-corrected chi connectivity index (χ3v) is 2.76. The first-order valence-corrected chi connectivity index (χ1v) is 6.99. The molecule has 7 heteroatoms. The Morgan fingerprint density at radius 2 is 2.09 bits per heavy atom. The average Bonchev–Trinajstić information content (AvgIpc) is 2.93. The number of benzene rings is 1. The molecule has 0 radical (unpaired) electrons. The Morgan fingerprint density at radius 3 is 2.77 bits per heavy atom. The molecule has 0 bridgehead atoms. The first-order valence-electron chi connectivity index (χ1n) is 6.99. The van der Waals surface area contributed by atoms with Gasteiger partial charge in [0.15, 0.2) is 12.4 Å². The zero-order chi connectivity index (χ0) is 15.9. The molecule has 1 heterocycles. The first kappa shape index (κ1) is 15.9. The van der Waals surface area contributed by atoms with Gasteiger partial charge in [-0.05, 0) is 23.6 Å². The summed E-state index contributed by atoms with van der Waals surface area (Å²) in [5.41, 5.74) is 0.850. The van der Waals surface area contributed by atoms with Crippen molar-refractivity contribution >= 4 is 5.91 Å². The van der Waals surface area contributed by atoms with Gasteiger partial charge in [-0.2, -0.15) is 4.98 Å². The Bertz CT molecular complexity index is 611. The van der Waals surface area contributed by atoms with Crippen LogP contribution in [0.1, 0.15) is 25.2 Å². The number of hydrogen-bond donors (Lipinski definition) is 1. The van der Waals surface area contributed by atoms with E-state index >= 15 is 0 Å². The number of carbonyl (C=O) groups excluding carboxylic acids is 1. The van der Waals surface area contributed by atoms with Gasteiger partial charge in [-0.25, -0.2) is 4.39 Å². The Balaban J connectivity index is 1.81. The number of amides is 1. The van der Waals surface area contributed by atoms with Crippen LogP contribution in [-0.4, -0.2) is 29.2 Å². The molecule has 22 heavy (non-hydrogen) atoms. The molecule has 1 aromatic heterocycles. The number of halogens is 1. The molecule has 0 saturated carbocycles. The van der Waals surface area contributed by atoms with Crippen molar-refractivity contribution < 1.29 is 18.4 Å². The van der Waals surface area contributed by atoms with Crippen LogP contribution in [0.25, 0.3) is 0 Å². The van der Waals surface area contributed by atoms with E-state index in [0.29, 0.717) is 24.7 Å². The molecule has 2 rings (SSSR count). The van der Waals surface area contributed by atoms with Crippen LogP contribution in [0.2, 0.25) is 0 Å². The van der Waals surface area contributed by atoms with E-state index in [4.69, 9.17) is 9.26 Å². The molecule has 0 spiro atoms. The van der Waals surface area contributed by atoms with Crippen LogP contribution in [-0.2, 0) is 11.2 Å². The molecule has 0 unspecified atom stereocenters. The second kappa shape index (κ2) is 7.53. The summed E-state index contributed by atoms with van der Waals surface area (Å²) in [6, 6.07) is 6.02. The number of nitrogens with one attached hydrogen (secondary N) is 1. The van der Waals surface area contributed by atoms with E-state index in [-0.39, 0.29) is 24.4 Å². The van der Waals surface area contributed by atoms with Crippen LogP contribution in [0.3, 0.4) is 0 Å². The van der Waals surface area contributed by atoms with Gasteiger partial charge in [-0.3, -0.25) is 9.32 Å². The lowest BCUT2D eigenvalue weighted by molar-refractivity contribution is -0.123. The van der Waals surface area contributed by atoms with Crippen LogP contribution < -0.4 is 10.1 Å². The zero-order valence-electron chi connectivity index (χ0n) is 12.5. The molecule has 0 aliphatic rings. The largest absolute Gasteiger partial charge is 0.439 e. The quantitative estimate of drug-likeness (QED) is 0.846.